The van der Waals surface area contributed by atoms with Crippen LogP contribution in [0.2, 0.25) is 0 Å². The number of carboxylic acid groups (broad SMARTS) is 1. The molecule has 4 nitrogen and oxygen atoms in total. The highest BCUT2D eigenvalue weighted by Crippen LogP contribution is 2.42. The molecule has 7 heteroatoms. The summed E-state index contributed by atoms with van der Waals surface area (Å²) in [6.07, 6.45) is 3.14. The maximum Gasteiger partial charge on any atom is 0.321 e. The third-order valence-electron chi connectivity index (χ3n) is 4.40. The van der Waals surface area contributed by atoms with E-state index >= 15 is 0 Å². The van der Waals surface area contributed by atoms with E-state index in [0.29, 0.717) is 16.2 Å². The molecule has 0 saturated carbocycles. The van der Waals surface area contributed by atoms with Crippen molar-refractivity contribution in [2.75, 3.05) is 5.75 Å². The van der Waals surface area contributed by atoms with E-state index in [9.17, 15) is 15.2 Å². The predicted molar refractivity (Wildman–Crippen MR) is 120 cm³/mol. The lowest BCUT2D eigenvalue weighted by Gasteiger charge is -2.16. The van der Waals surface area contributed by atoms with Gasteiger partial charge >= 0.3 is 5.97 Å². The Morgan fingerprint density at radius 3 is 2.69 bits per heavy atom. The second kappa shape index (κ2) is 8.87. The van der Waals surface area contributed by atoms with Crippen LogP contribution in [-0.4, -0.2) is 21.8 Å². The Kier molecular flexibility index (Phi) is 6.05. The van der Waals surface area contributed by atoms with E-state index in [1.54, 1.807) is 35.2 Å². The number of carbonyl (C=O) groups is 1. The first-order valence-electron chi connectivity index (χ1n) is 8.94. The maximum atomic E-state index is 12.0. The van der Waals surface area contributed by atoms with Gasteiger partial charge in [-0.15, -0.1) is 23.1 Å². The molecular formula is C22H16N2O2S3. The fraction of sp³-hybridized carbons (Fsp3) is 0.136. The van der Waals surface area contributed by atoms with Crippen LogP contribution in [0.25, 0.3) is 15.3 Å². The third kappa shape index (κ3) is 4.25. The van der Waals surface area contributed by atoms with Gasteiger partial charge in [-0.1, -0.05) is 54.2 Å². The molecule has 1 aromatic carbocycles. The van der Waals surface area contributed by atoms with Gasteiger partial charge in [-0.2, -0.15) is 5.26 Å². The van der Waals surface area contributed by atoms with Gasteiger partial charge in [0.25, 0.3) is 0 Å². The lowest BCUT2D eigenvalue weighted by Crippen LogP contribution is -2.09. The Labute approximate surface area is 181 Å². The van der Waals surface area contributed by atoms with Crippen LogP contribution in [0, 0.1) is 11.3 Å². The Bertz CT molecular complexity index is 1100. The van der Waals surface area contributed by atoms with Crippen molar-refractivity contribution in [1.29, 1.82) is 5.26 Å². The molecule has 0 radical (unpaired) electrons. The number of aliphatic carboxylic acids is 1. The normalized spacial score (nSPS) is 14.2. The molecule has 0 aliphatic carbocycles. The molecule has 0 spiro atoms. The average Bonchev–Trinajstić information content (AvgIpc) is 3.46. The molecule has 0 saturated heterocycles. The number of thioether (sulfide) groups is 2. The number of carboxylic acids is 1. The number of benzene rings is 1. The molecule has 1 atom stereocenters. The highest BCUT2D eigenvalue weighted by Gasteiger charge is 2.26. The molecule has 4 rings (SSSR count). The summed E-state index contributed by atoms with van der Waals surface area (Å²) in [7, 11) is 0. The van der Waals surface area contributed by atoms with Gasteiger partial charge < -0.3 is 5.11 Å². The van der Waals surface area contributed by atoms with Crippen LogP contribution in [0.4, 0.5) is 0 Å². The Hall–Kier alpha value is -2.53. The number of aromatic nitrogens is 1. The molecule has 1 N–H and O–H groups in total. The van der Waals surface area contributed by atoms with E-state index in [1.165, 1.54) is 0 Å². The number of rotatable bonds is 6. The minimum absolute atomic E-state index is 0.423. The summed E-state index contributed by atoms with van der Waals surface area (Å²) in [5.74, 6) is 0.0553. The van der Waals surface area contributed by atoms with Crippen LogP contribution < -0.4 is 0 Å². The summed E-state index contributed by atoms with van der Waals surface area (Å²) in [6, 6.07) is 17.2. The fourth-order valence-corrected chi connectivity index (χ4v) is 5.80. The molecule has 1 unspecified atom stereocenters. The van der Waals surface area contributed by atoms with E-state index in [2.05, 4.69) is 12.1 Å². The van der Waals surface area contributed by atoms with E-state index in [0.717, 1.165) is 45.0 Å². The highest BCUT2D eigenvalue weighted by atomic mass is 32.2. The van der Waals surface area contributed by atoms with Crippen molar-refractivity contribution in [2.45, 2.75) is 16.7 Å². The molecule has 0 amide bonds. The first kappa shape index (κ1) is 19.8. The van der Waals surface area contributed by atoms with Crippen LogP contribution in [0.15, 0.2) is 65.0 Å². The van der Waals surface area contributed by atoms with Crippen LogP contribution in [0.5, 0.6) is 0 Å². The van der Waals surface area contributed by atoms with E-state index in [-0.39, 0.29) is 0 Å². The van der Waals surface area contributed by atoms with Crippen molar-refractivity contribution in [1.82, 2.24) is 4.98 Å². The highest BCUT2D eigenvalue weighted by molar-refractivity contribution is 8.08. The zero-order chi connectivity index (χ0) is 20.2. The third-order valence-corrected chi connectivity index (χ3v) is 7.66. The first-order valence-corrected chi connectivity index (χ1v) is 11.7. The van der Waals surface area contributed by atoms with Crippen LogP contribution in [0.1, 0.15) is 28.5 Å². The minimum atomic E-state index is -0.954. The largest absolute Gasteiger partial charge is 0.480 e. The molecule has 144 valence electrons. The molecule has 0 bridgehead atoms. The van der Waals surface area contributed by atoms with Crippen molar-refractivity contribution in [3.05, 3.63) is 76.8 Å². The van der Waals surface area contributed by atoms with Crippen molar-refractivity contribution in [3.63, 3.8) is 0 Å². The molecule has 0 fully saturated rings. The smallest absolute Gasteiger partial charge is 0.321 e. The zero-order valence-electron chi connectivity index (χ0n) is 15.2. The molecule has 1 aliphatic heterocycles. The number of allylic oxidation sites excluding steroid dienone is 1. The number of thiophene rings is 1. The van der Waals surface area contributed by atoms with Crippen molar-refractivity contribution in [3.8, 4) is 16.5 Å². The van der Waals surface area contributed by atoms with Gasteiger partial charge in [-0.25, -0.2) is 4.98 Å². The first-order chi connectivity index (χ1) is 14.2. The van der Waals surface area contributed by atoms with Gasteiger partial charge in [0.1, 0.15) is 16.3 Å². The Morgan fingerprint density at radius 1 is 1.24 bits per heavy atom. The minimum Gasteiger partial charge on any atom is -0.480 e. The van der Waals surface area contributed by atoms with E-state index < -0.39 is 11.2 Å². The number of pyridine rings is 1. The lowest BCUT2D eigenvalue weighted by molar-refractivity contribution is -0.136. The summed E-state index contributed by atoms with van der Waals surface area (Å²) < 4.78 is 0. The van der Waals surface area contributed by atoms with Crippen molar-refractivity contribution < 1.29 is 9.90 Å². The molecular weight excluding hydrogens is 420 g/mol. The molecule has 3 heterocycles. The molecule has 1 aliphatic rings. The van der Waals surface area contributed by atoms with Gasteiger partial charge in [0.2, 0.25) is 0 Å². The van der Waals surface area contributed by atoms with Crippen molar-refractivity contribution >= 4 is 45.7 Å². The fourth-order valence-electron chi connectivity index (χ4n) is 3.06. The van der Waals surface area contributed by atoms with Crippen LogP contribution in [0.3, 0.4) is 0 Å². The summed E-state index contributed by atoms with van der Waals surface area (Å²) in [5.41, 5.74) is 2.70. The average molecular weight is 437 g/mol. The maximum absolute atomic E-state index is 12.0. The topological polar surface area (TPSA) is 74.0 Å². The quantitative estimate of drug-likeness (QED) is 0.472. The summed E-state index contributed by atoms with van der Waals surface area (Å²) >= 11 is 4.42. The monoisotopic (exact) mass is 436 g/mol. The summed E-state index contributed by atoms with van der Waals surface area (Å²) in [5, 5.41) is 21.3. The predicted octanol–water partition coefficient (Wildman–Crippen LogP) is 6.08. The van der Waals surface area contributed by atoms with Gasteiger partial charge in [0.15, 0.2) is 0 Å². The van der Waals surface area contributed by atoms with Crippen LogP contribution in [-0.2, 0) is 4.79 Å². The van der Waals surface area contributed by atoms with Crippen LogP contribution >= 0.6 is 34.9 Å². The molecule has 2 aromatic heterocycles. The second-order valence-electron chi connectivity index (χ2n) is 6.28. The SMILES string of the molecule is N#Cc1c(-c2cccs2)cc(C2=CCCS2)nc1SC(C(=O)O)c1ccccc1. The van der Waals surface area contributed by atoms with Crippen molar-refractivity contribution in [2.24, 2.45) is 0 Å². The summed E-state index contributed by atoms with van der Waals surface area (Å²) in [4.78, 5) is 18.8. The van der Waals surface area contributed by atoms with Gasteiger partial charge in [0, 0.05) is 21.1 Å². The van der Waals surface area contributed by atoms with E-state index in [1.807, 2.05) is 41.8 Å². The van der Waals surface area contributed by atoms with Gasteiger partial charge in [-0.05, 0) is 29.5 Å². The molecule has 29 heavy (non-hydrogen) atoms. The molecule has 3 aromatic rings. The van der Waals surface area contributed by atoms with Gasteiger partial charge in [-0.3, -0.25) is 4.79 Å². The Morgan fingerprint density at radius 2 is 2.07 bits per heavy atom. The number of nitrogens with zero attached hydrogens (tertiary/aromatic N) is 2. The second-order valence-corrected chi connectivity index (χ2v) is 9.45. The van der Waals surface area contributed by atoms with E-state index in [4.69, 9.17) is 4.98 Å². The number of nitriles is 1. The standard InChI is InChI=1S/C22H16N2O2S3/c23-13-16-15(18-8-4-10-27-18)12-17(19-9-5-11-28-19)24-21(16)29-20(22(25)26)14-6-2-1-3-7-14/h1-4,6-10,12,20H,5,11H2,(H,25,26). The van der Waals surface area contributed by atoms with Gasteiger partial charge in [0.05, 0.1) is 11.3 Å². The lowest BCUT2D eigenvalue weighted by atomic mass is 10.1. The zero-order valence-corrected chi connectivity index (χ0v) is 17.7. The number of hydrogen-bond donors (Lipinski definition) is 1. The number of hydrogen-bond acceptors (Lipinski definition) is 6. The summed E-state index contributed by atoms with van der Waals surface area (Å²) in [6.45, 7) is 0. The Balaban J connectivity index is 1.85.